The Bertz CT molecular complexity index is 618. The summed E-state index contributed by atoms with van der Waals surface area (Å²) in [7, 11) is 1.71. The first-order valence-electron chi connectivity index (χ1n) is 8.06. The zero-order valence-corrected chi connectivity index (χ0v) is 13.9. The first kappa shape index (κ1) is 15.2. The number of thiophene rings is 1. The lowest BCUT2D eigenvalue weighted by Gasteiger charge is -2.42. The maximum absolute atomic E-state index is 13.1. The van der Waals surface area contributed by atoms with E-state index in [-0.39, 0.29) is 23.7 Å². The molecule has 0 bridgehead atoms. The van der Waals surface area contributed by atoms with Crippen molar-refractivity contribution in [2.24, 2.45) is 0 Å². The summed E-state index contributed by atoms with van der Waals surface area (Å²) in [4.78, 5) is 15.5. The summed E-state index contributed by atoms with van der Waals surface area (Å²) in [6.45, 7) is 1.63. The molecule has 126 valence electrons. The smallest absolute Gasteiger partial charge is 0.268 e. The minimum Gasteiger partial charge on any atom is -0.485 e. The van der Waals surface area contributed by atoms with Crippen molar-refractivity contribution >= 4 is 17.2 Å². The van der Waals surface area contributed by atoms with Crippen LogP contribution in [0.3, 0.4) is 0 Å². The van der Waals surface area contributed by atoms with Gasteiger partial charge >= 0.3 is 0 Å². The van der Waals surface area contributed by atoms with Crippen LogP contribution in [0.1, 0.15) is 35.4 Å². The van der Waals surface area contributed by atoms with E-state index in [0.29, 0.717) is 42.6 Å². The van der Waals surface area contributed by atoms with Crippen molar-refractivity contribution in [1.82, 2.24) is 4.90 Å². The van der Waals surface area contributed by atoms with Crippen molar-refractivity contribution in [3.05, 3.63) is 10.3 Å². The zero-order valence-electron chi connectivity index (χ0n) is 13.1. The Labute approximate surface area is 138 Å². The van der Waals surface area contributed by atoms with Gasteiger partial charge in [-0.15, -0.1) is 11.3 Å². The van der Waals surface area contributed by atoms with Gasteiger partial charge < -0.3 is 24.2 Å². The van der Waals surface area contributed by atoms with Crippen LogP contribution in [0.25, 0.3) is 0 Å². The lowest BCUT2D eigenvalue weighted by molar-refractivity contribution is -0.0824. The molecule has 0 radical (unpaired) electrons. The van der Waals surface area contributed by atoms with Gasteiger partial charge in [-0.05, 0) is 25.7 Å². The van der Waals surface area contributed by atoms with Crippen LogP contribution >= 0.6 is 11.3 Å². The van der Waals surface area contributed by atoms with Crippen LogP contribution in [0.15, 0.2) is 5.38 Å². The summed E-state index contributed by atoms with van der Waals surface area (Å²) in [6.07, 6.45) is 2.55. The van der Waals surface area contributed by atoms with Gasteiger partial charge in [-0.25, -0.2) is 0 Å². The second kappa shape index (κ2) is 5.65. The van der Waals surface area contributed by atoms with Gasteiger partial charge in [-0.1, -0.05) is 0 Å². The predicted molar refractivity (Wildman–Crippen MR) is 84.3 cm³/mol. The Balaban J connectivity index is 1.62. The number of aliphatic hydroxyl groups excluding tert-OH is 1. The molecule has 1 amide bonds. The normalized spacial score (nSPS) is 32.7. The Morgan fingerprint density at radius 2 is 2.26 bits per heavy atom. The number of aliphatic hydroxyl groups is 1. The summed E-state index contributed by atoms with van der Waals surface area (Å²) in [5.74, 6) is 1.18. The third-order valence-corrected chi connectivity index (χ3v) is 6.25. The highest BCUT2D eigenvalue weighted by molar-refractivity contribution is 7.12. The van der Waals surface area contributed by atoms with Crippen molar-refractivity contribution in [3.8, 4) is 11.5 Å². The number of likely N-dealkylation sites (tertiary alicyclic amines) is 1. The molecule has 7 heteroatoms. The summed E-state index contributed by atoms with van der Waals surface area (Å²) >= 11 is 1.36. The lowest BCUT2D eigenvalue weighted by Crippen LogP contribution is -2.52. The highest BCUT2D eigenvalue weighted by Crippen LogP contribution is 2.45. The number of hydrogen-bond donors (Lipinski definition) is 1. The van der Waals surface area contributed by atoms with E-state index in [9.17, 15) is 9.90 Å². The van der Waals surface area contributed by atoms with Crippen molar-refractivity contribution in [3.63, 3.8) is 0 Å². The number of rotatable bonds is 2. The fraction of sp³-hybridized carbons (Fsp3) is 0.688. The van der Waals surface area contributed by atoms with Gasteiger partial charge in [0.05, 0.1) is 17.7 Å². The maximum atomic E-state index is 13.1. The van der Waals surface area contributed by atoms with E-state index in [1.165, 1.54) is 11.3 Å². The molecule has 1 N–H and O–H groups in total. The molecule has 2 fully saturated rings. The maximum Gasteiger partial charge on any atom is 0.268 e. The second-order valence-electron chi connectivity index (χ2n) is 6.42. The highest BCUT2D eigenvalue weighted by Gasteiger charge is 2.52. The van der Waals surface area contributed by atoms with Gasteiger partial charge in [0.1, 0.15) is 18.1 Å². The molecule has 1 aliphatic carbocycles. The van der Waals surface area contributed by atoms with E-state index in [0.717, 1.165) is 19.3 Å². The number of carbonyl (C=O) groups excluding carboxylic acids is 1. The summed E-state index contributed by atoms with van der Waals surface area (Å²) in [5, 5.41) is 11.9. The number of nitrogens with zero attached hydrogens (tertiary/aromatic N) is 1. The number of methoxy groups -OCH3 is 1. The predicted octanol–water partition coefficient (Wildman–Crippen LogP) is 1.66. The van der Waals surface area contributed by atoms with E-state index in [1.807, 2.05) is 10.3 Å². The molecule has 1 aromatic heterocycles. The van der Waals surface area contributed by atoms with E-state index < -0.39 is 0 Å². The molecule has 23 heavy (non-hydrogen) atoms. The Kier molecular flexibility index (Phi) is 3.74. The minimum atomic E-state index is -0.367. The molecule has 1 saturated heterocycles. The minimum absolute atomic E-state index is 0.0419. The largest absolute Gasteiger partial charge is 0.485 e. The van der Waals surface area contributed by atoms with Gasteiger partial charge in [0, 0.05) is 19.0 Å². The van der Waals surface area contributed by atoms with Gasteiger partial charge in [0.2, 0.25) is 0 Å². The highest BCUT2D eigenvalue weighted by atomic mass is 32.1. The zero-order chi connectivity index (χ0) is 16.0. The number of amides is 1. The third-order valence-electron chi connectivity index (χ3n) is 5.32. The molecule has 3 heterocycles. The van der Waals surface area contributed by atoms with Crippen LogP contribution in [0.5, 0.6) is 11.5 Å². The molecule has 2 aliphatic heterocycles. The van der Waals surface area contributed by atoms with Gasteiger partial charge in [0.15, 0.2) is 11.5 Å². The van der Waals surface area contributed by atoms with Crippen molar-refractivity contribution in [2.45, 2.75) is 43.4 Å². The number of fused-ring (bicyclic) bond motifs is 2. The first-order valence-corrected chi connectivity index (χ1v) is 8.94. The van der Waals surface area contributed by atoms with Gasteiger partial charge in [-0.2, -0.15) is 0 Å². The molecule has 1 saturated carbocycles. The van der Waals surface area contributed by atoms with Crippen LogP contribution in [-0.2, 0) is 4.74 Å². The quantitative estimate of drug-likeness (QED) is 0.888. The monoisotopic (exact) mass is 339 g/mol. The fourth-order valence-electron chi connectivity index (χ4n) is 4.06. The average molecular weight is 339 g/mol. The molecule has 6 nitrogen and oxygen atoms in total. The van der Waals surface area contributed by atoms with E-state index in [2.05, 4.69) is 0 Å². The summed E-state index contributed by atoms with van der Waals surface area (Å²) in [6, 6.07) is -0.0778. The number of ether oxygens (including phenoxy) is 3. The molecule has 0 aromatic carbocycles. The van der Waals surface area contributed by atoms with E-state index in [1.54, 1.807) is 7.11 Å². The topological polar surface area (TPSA) is 68.2 Å². The van der Waals surface area contributed by atoms with E-state index in [4.69, 9.17) is 14.2 Å². The Morgan fingerprint density at radius 1 is 1.43 bits per heavy atom. The molecule has 3 atom stereocenters. The number of hydrogen-bond acceptors (Lipinski definition) is 6. The van der Waals surface area contributed by atoms with Crippen LogP contribution in [-0.4, -0.2) is 60.5 Å². The molecule has 0 unspecified atom stereocenters. The van der Waals surface area contributed by atoms with Crippen molar-refractivity contribution < 1.29 is 24.1 Å². The number of carbonyl (C=O) groups is 1. The van der Waals surface area contributed by atoms with Crippen molar-refractivity contribution in [1.29, 1.82) is 0 Å². The Hall–Kier alpha value is -1.31. The summed E-state index contributed by atoms with van der Waals surface area (Å²) in [5.41, 5.74) is -0.316. The SMILES string of the molecule is CO[C@@]12CC[C@H](O)C[C@@H]1N(C(=O)c1scc3c1OCCO3)CC2. The van der Waals surface area contributed by atoms with Crippen LogP contribution in [0.4, 0.5) is 0 Å². The second-order valence-corrected chi connectivity index (χ2v) is 7.30. The molecular weight excluding hydrogens is 318 g/mol. The molecule has 1 aromatic rings. The fourth-order valence-corrected chi connectivity index (χ4v) is 4.95. The molecule has 4 rings (SSSR count). The summed E-state index contributed by atoms with van der Waals surface area (Å²) < 4.78 is 17.0. The van der Waals surface area contributed by atoms with Crippen LogP contribution < -0.4 is 9.47 Å². The van der Waals surface area contributed by atoms with Gasteiger partial charge in [0.25, 0.3) is 5.91 Å². The lowest BCUT2D eigenvalue weighted by atomic mass is 9.79. The average Bonchev–Trinajstić information content (AvgIpc) is 3.16. The van der Waals surface area contributed by atoms with Crippen molar-refractivity contribution in [2.75, 3.05) is 26.9 Å². The van der Waals surface area contributed by atoms with Crippen LogP contribution in [0, 0.1) is 0 Å². The van der Waals surface area contributed by atoms with Crippen LogP contribution in [0.2, 0.25) is 0 Å². The van der Waals surface area contributed by atoms with E-state index >= 15 is 0 Å². The molecule has 3 aliphatic rings. The molecule has 0 spiro atoms. The Morgan fingerprint density at radius 3 is 3.09 bits per heavy atom. The third kappa shape index (κ3) is 2.33. The first-order chi connectivity index (χ1) is 11.1. The standard InChI is InChI=1S/C16H21NO5S/c1-20-16-3-2-10(18)8-12(16)17(5-4-16)15(19)14-13-11(9-23-14)21-6-7-22-13/h9-10,12,18H,2-8H2,1H3/t10-,12-,16+/m0/s1. The molecular formula is C16H21NO5S. The van der Waals surface area contributed by atoms with Gasteiger partial charge in [-0.3, -0.25) is 4.79 Å².